The van der Waals surface area contributed by atoms with E-state index in [9.17, 15) is 19.5 Å². The Bertz CT molecular complexity index is 830. The van der Waals surface area contributed by atoms with E-state index in [1.807, 2.05) is 0 Å². The van der Waals surface area contributed by atoms with Crippen molar-refractivity contribution in [1.29, 1.82) is 0 Å². The first-order valence-electron chi connectivity index (χ1n) is 8.08. The molecule has 0 spiro atoms. The van der Waals surface area contributed by atoms with Gasteiger partial charge in [-0.1, -0.05) is 25.3 Å². The summed E-state index contributed by atoms with van der Waals surface area (Å²) in [5.74, 6) is -2.09. The van der Waals surface area contributed by atoms with Crippen LogP contribution in [-0.4, -0.2) is 32.4 Å². The Balaban J connectivity index is 1.87. The SMILES string of the molecule is O=C(N[C@H]1CCCCC[C@H]1C(=O)O)c1cnc2ccccn2c1=O. The molecule has 126 valence electrons. The molecule has 7 heteroatoms. The molecule has 24 heavy (non-hydrogen) atoms. The van der Waals surface area contributed by atoms with Crippen LogP contribution in [0.3, 0.4) is 0 Å². The third-order valence-corrected chi connectivity index (χ3v) is 4.51. The number of hydrogen-bond donors (Lipinski definition) is 2. The van der Waals surface area contributed by atoms with Gasteiger partial charge >= 0.3 is 5.97 Å². The van der Waals surface area contributed by atoms with E-state index in [0.29, 0.717) is 18.5 Å². The van der Waals surface area contributed by atoms with E-state index in [2.05, 4.69) is 10.3 Å². The Morgan fingerprint density at radius 2 is 2.00 bits per heavy atom. The van der Waals surface area contributed by atoms with E-state index in [1.165, 1.54) is 10.6 Å². The number of nitrogens with zero attached hydrogens (tertiary/aromatic N) is 2. The molecule has 0 aromatic carbocycles. The normalized spacial score (nSPS) is 21.2. The summed E-state index contributed by atoms with van der Waals surface area (Å²) < 4.78 is 1.30. The Morgan fingerprint density at radius 1 is 1.21 bits per heavy atom. The summed E-state index contributed by atoms with van der Waals surface area (Å²) in [6.07, 6.45) is 6.59. The number of aromatic nitrogens is 2. The lowest BCUT2D eigenvalue weighted by Gasteiger charge is -2.22. The van der Waals surface area contributed by atoms with Crippen LogP contribution in [0.25, 0.3) is 5.65 Å². The molecular weight excluding hydrogens is 310 g/mol. The summed E-state index contributed by atoms with van der Waals surface area (Å²) in [6.45, 7) is 0. The van der Waals surface area contributed by atoms with Gasteiger partial charge in [-0.15, -0.1) is 0 Å². The maximum absolute atomic E-state index is 12.5. The largest absolute Gasteiger partial charge is 0.481 e. The third-order valence-electron chi connectivity index (χ3n) is 4.51. The average Bonchev–Trinajstić information content (AvgIpc) is 2.81. The number of aliphatic carboxylic acids is 1. The predicted molar refractivity (Wildman–Crippen MR) is 86.9 cm³/mol. The fourth-order valence-electron chi connectivity index (χ4n) is 3.20. The van der Waals surface area contributed by atoms with Crippen LogP contribution < -0.4 is 10.9 Å². The molecule has 2 aromatic rings. The molecule has 3 rings (SSSR count). The summed E-state index contributed by atoms with van der Waals surface area (Å²) >= 11 is 0. The van der Waals surface area contributed by atoms with E-state index < -0.39 is 29.4 Å². The molecule has 0 bridgehead atoms. The van der Waals surface area contributed by atoms with Crippen LogP contribution >= 0.6 is 0 Å². The van der Waals surface area contributed by atoms with E-state index >= 15 is 0 Å². The summed E-state index contributed by atoms with van der Waals surface area (Å²) in [6, 6.07) is 4.65. The van der Waals surface area contributed by atoms with Gasteiger partial charge < -0.3 is 10.4 Å². The number of carbonyl (C=O) groups is 2. The molecule has 2 heterocycles. The van der Waals surface area contributed by atoms with Crippen LogP contribution in [0.5, 0.6) is 0 Å². The highest BCUT2D eigenvalue weighted by atomic mass is 16.4. The molecule has 1 fully saturated rings. The highest BCUT2D eigenvalue weighted by molar-refractivity contribution is 5.94. The fourth-order valence-corrected chi connectivity index (χ4v) is 3.20. The van der Waals surface area contributed by atoms with E-state index in [-0.39, 0.29) is 5.56 Å². The molecule has 0 aliphatic heterocycles. The maximum Gasteiger partial charge on any atom is 0.308 e. The minimum Gasteiger partial charge on any atom is -0.481 e. The van der Waals surface area contributed by atoms with Gasteiger partial charge in [-0.05, 0) is 25.0 Å². The van der Waals surface area contributed by atoms with Crippen molar-refractivity contribution in [2.75, 3.05) is 0 Å². The van der Waals surface area contributed by atoms with Crippen LogP contribution in [0, 0.1) is 5.92 Å². The quantitative estimate of drug-likeness (QED) is 0.830. The van der Waals surface area contributed by atoms with E-state index in [0.717, 1.165) is 19.3 Å². The first kappa shape index (κ1) is 16.2. The highest BCUT2D eigenvalue weighted by Gasteiger charge is 2.31. The molecule has 1 amide bonds. The van der Waals surface area contributed by atoms with Gasteiger partial charge in [-0.3, -0.25) is 18.8 Å². The molecule has 1 aliphatic carbocycles. The van der Waals surface area contributed by atoms with E-state index in [1.54, 1.807) is 24.4 Å². The van der Waals surface area contributed by atoms with Crippen molar-refractivity contribution in [2.45, 2.75) is 38.1 Å². The first-order valence-corrected chi connectivity index (χ1v) is 8.08. The topological polar surface area (TPSA) is 101 Å². The number of carboxylic acids is 1. The van der Waals surface area contributed by atoms with E-state index in [4.69, 9.17) is 0 Å². The monoisotopic (exact) mass is 329 g/mol. The standard InChI is InChI=1S/C17H19N3O4/c21-15(19-13-7-3-1-2-6-11(13)17(23)24)12-10-18-14-8-4-5-9-20(14)16(12)22/h4-5,8-11,13H,1-3,6-7H2,(H,19,21)(H,23,24)/t11-,13+/m1/s1. The molecule has 2 N–H and O–H groups in total. The number of carboxylic acid groups (broad SMARTS) is 1. The van der Waals surface area contributed by atoms with Crippen LogP contribution in [0.2, 0.25) is 0 Å². The number of rotatable bonds is 3. The average molecular weight is 329 g/mol. The summed E-state index contributed by atoms with van der Waals surface area (Å²) in [5.41, 5.74) is -0.0809. The van der Waals surface area contributed by atoms with Crippen molar-refractivity contribution in [3.8, 4) is 0 Å². The van der Waals surface area contributed by atoms with Gasteiger partial charge in [-0.25, -0.2) is 4.98 Å². The highest BCUT2D eigenvalue weighted by Crippen LogP contribution is 2.24. The Morgan fingerprint density at radius 3 is 2.79 bits per heavy atom. The molecule has 0 unspecified atom stereocenters. The second-order valence-corrected chi connectivity index (χ2v) is 6.07. The van der Waals surface area contributed by atoms with Gasteiger partial charge in [0, 0.05) is 18.4 Å². The van der Waals surface area contributed by atoms with Gasteiger partial charge in [0.25, 0.3) is 11.5 Å². The zero-order valence-electron chi connectivity index (χ0n) is 13.1. The Hall–Kier alpha value is -2.70. The number of nitrogens with one attached hydrogen (secondary N) is 1. The van der Waals surface area contributed by atoms with Crippen molar-refractivity contribution in [2.24, 2.45) is 5.92 Å². The number of pyridine rings is 1. The smallest absolute Gasteiger partial charge is 0.308 e. The molecule has 1 saturated carbocycles. The lowest BCUT2D eigenvalue weighted by molar-refractivity contribution is -0.142. The number of fused-ring (bicyclic) bond motifs is 1. The van der Waals surface area contributed by atoms with Gasteiger partial charge in [-0.2, -0.15) is 0 Å². The van der Waals surface area contributed by atoms with Gasteiger partial charge in [0.15, 0.2) is 0 Å². The summed E-state index contributed by atoms with van der Waals surface area (Å²) in [4.78, 5) is 40.5. The zero-order chi connectivity index (χ0) is 17.1. The Kier molecular flexibility index (Phi) is 4.59. The van der Waals surface area contributed by atoms with Crippen molar-refractivity contribution >= 4 is 17.5 Å². The second-order valence-electron chi connectivity index (χ2n) is 6.07. The lowest BCUT2D eigenvalue weighted by atomic mass is 9.94. The van der Waals surface area contributed by atoms with Crippen molar-refractivity contribution < 1.29 is 14.7 Å². The first-order chi connectivity index (χ1) is 11.6. The van der Waals surface area contributed by atoms with Gasteiger partial charge in [0.2, 0.25) is 0 Å². The maximum atomic E-state index is 12.5. The molecule has 0 radical (unpaired) electrons. The fraction of sp³-hybridized carbons (Fsp3) is 0.412. The molecular formula is C17H19N3O4. The summed E-state index contributed by atoms with van der Waals surface area (Å²) in [5, 5.41) is 12.1. The lowest BCUT2D eigenvalue weighted by Crippen LogP contribution is -2.44. The Labute approximate surface area is 138 Å². The second kappa shape index (κ2) is 6.82. The molecule has 2 atom stereocenters. The number of hydrogen-bond acceptors (Lipinski definition) is 4. The van der Waals surface area contributed by atoms with Crippen molar-refractivity contribution in [3.63, 3.8) is 0 Å². The number of carbonyl (C=O) groups excluding carboxylic acids is 1. The summed E-state index contributed by atoms with van der Waals surface area (Å²) in [7, 11) is 0. The molecule has 2 aromatic heterocycles. The zero-order valence-corrected chi connectivity index (χ0v) is 13.1. The van der Waals surface area contributed by atoms with Crippen molar-refractivity contribution in [3.05, 3.63) is 46.5 Å². The molecule has 0 saturated heterocycles. The van der Waals surface area contributed by atoms with Gasteiger partial charge in [0.05, 0.1) is 5.92 Å². The van der Waals surface area contributed by atoms with Crippen LogP contribution in [0.4, 0.5) is 0 Å². The predicted octanol–water partition coefficient (Wildman–Crippen LogP) is 1.46. The third kappa shape index (κ3) is 3.15. The van der Waals surface area contributed by atoms with Crippen LogP contribution in [0.1, 0.15) is 42.5 Å². The van der Waals surface area contributed by atoms with Gasteiger partial charge in [0.1, 0.15) is 11.2 Å². The minimum absolute atomic E-state index is 0.0768. The van der Waals surface area contributed by atoms with Crippen LogP contribution in [-0.2, 0) is 4.79 Å². The number of amides is 1. The van der Waals surface area contributed by atoms with Crippen molar-refractivity contribution in [1.82, 2.24) is 14.7 Å². The molecule has 7 nitrogen and oxygen atoms in total. The molecule has 1 aliphatic rings. The van der Waals surface area contributed by atoms with Crippen LogP contribution in [0.15, 0.2) is 35.4 Å². The minimum atomic E-state index is -0.907.